The average molecular weight is 398 g/mol. The molecule has 2 aromatic carbocycles. The lowest BCUT2D eigenvalue weighted by molar-refractivity contribution is -0.167. The Hall–Kier alpha value is -2.70. The van der Waals surface area contributed by atoms with Crippen molar-refractivity contribution in [3.05, 3.63) is 70.3 Å². The van der Waals surface area contributed by atoms with Gasteiger partial charge in [-0.1, -0.05) is 37.3 Å². The van der Waals surface area contributed by atoms with Crippen molar-refractivity contribution in [3.8, 4) is 0 Å². The van der Waals surface area contributed by atoms with Crippen molar-refractivity contribution >= 4 is 11.9 Å². The molecule has 154 valence electrons. The lowest BCUT2D eigenvalue weighted by Gasteiger charge is -2.26. The van der Waals surface area contributed by atoms with E-state index in [1.54, 1.807) is 12.1 Å². The van der Waals surface area contributed by atoms with Crippen LogP contribution in [0.1, 0.15) is 50.8 Å². The third-order valence-electron chi connectivity index (χ3n) is 5.18. The first-order chi connectivity index (χ1) is 14.0. The molecule has 0 bridgehead atoms. The van der Waals surface area contributed by atoms with E-state index in [0.29, 0.717) is 19.6 Å². The average Bonchev–Trinajstić information content (AvgIpc) is 3.27. The van der Waals surface area contributed by atoms with E-state index in [2.05, 4.69) is 19.1 Å². The number of benzene rings is 2. The maximum Gasteiger partial charge on any atom is 0.338 e. The number of methoxy groups -OCH3 is 2. The van der Waals surface area contributed by atoms with Gasteiger partial charge in [0.2, 0.25) is 0 Å². The zero-order valence-corrected chi connectivity index (χ0v) is 17.0. The van der Waals surface area contributed by atoms with E-state index in [0.717, 1.165) is 29.5 Å². The molecule has 6 heteroatoms. The summed E-state index contributed by atoms with van der Waals surface area (Å²) in [4.78, 5) is 24.0. The van der Waals surface area contributed by atoms with Crippen LogP contribution in [0.15, 0.2) is 42.5 Å². The molecule has 1 fully saturated rings. The number of hydrogen-bond acceptors (Lipinski definition) is 6. The van der Waals surface area contributed by atoms with Crippen molar-refractivity contribution in [2.75, 3.05) is 27.4 Å². The lowest BCUT2D eigenvalue weighted by Crippen LogP contribution is -2.26. The van der Waals surface area contributed by atoms with Crippen molar-refractivity contribution in [2.45, 2.75) is 32.0 Å². The molecule has 1 aliphatic rings. The number of carbonyl (C=O) groups excluding carboxylic acids is 2. The third kappa shape index (κ3) is 4.49. The van der Waals surface area contributed by atoms with Crippen molar-refractivity contribution < 1.29 is 28.5 Å². The fourth-order valence-electron chi connectivity index (χ4n) is 3.60. The molecule has 0 saturated carbocycles. The standard InChI is InChI=1S/C23H26O6/c1-4-23(28-12-13-29-23)18-7-5-6-16(14-18)8-9-17-10-11-19(21(24)26-2)20(15-17)22(25)27-3/h5-7,10-11,14-15H,4,8-9,12-13H2,1-3H3. The molecule has 0 atom stereocenters. The summed E-state index contributed by atoms with van der Waals surface area (Å²) in [6.07, 6.45) is 2.22. The SMILES string of the molecule is CCC1(c2cccc(CCc3ccc(C(=O)OC)c(C(=O)OC)c3)c2)OCCO1. The van der Waals surface area contributed by atoms with Gasteiger partial charge in [0.1, 0.15) is 0 Å². The molecule has 2 aromatic rings. The van der Waals surface area contributed by atoms with Gasteiger partial charge in [-0.2, -0.15) is 0 Å². The van der Waals surface area contributed by atoms with Gasteiger partial charge in [0.05, 0.1) is 38.6 Å². The molecular weight excluding hydrogens is 372 g/mol. The second kappa shape index (κ2) is 9.20. The maximum absolute atomic E-state index is 12.1. The molecule has 3 rings (SSSR count). The summed E-state index contributed by atoms with van der Waals surface area (Å²) in [5, 5.41) is 0. The van der Waals surface area contributed by atoms with Gasteiger partial charge in [-0.15, -0.1) is 0 Å². The van der Waals surface area contributed by atoms with Gasteiger partial charge in [0.15, 0.2) is 5.79 Å². The maximum atomic E-state index is 12.1. The minimum absolute atomic E-state index is 0.200. The summed E-state index contributed by atoms with van der Waals surface area (Å²) in [6.45, 7) is 3.25. The summed E-state index contributed by atoms with van der Waals surface area (Å²) in [5.41, 5.74) is 3.51. The normalized spacial score (nSPS) is 15.1. The minimum atomic E-state index is -0.657. The van der Waals surface area contributed by atoms with Crippen molar-refractivity contribution in [3.63, 3.8) is 0 Å². The molecule has 0 spiro atoms. The smallest absolute Gasteiger partial charge is 0.338 e. The molecule has 1 aliphatic heterocycles. The fraction of sp³-hybridized carbons (Fsp3) is 0.391. The molecule has 29 heavy (non-hydrogen) atoms. The Kier molecular flexibility index (Phi) is 6.67. The van der Waals surface area contributed by atoms with E-state index >= 15 is 0 Å². The van der Waals surface area contributed by atoms with Crippen molar-refractivity contribution in [1.29, 1.82) is 0 Å². The minimum Gasteiger partial charge on any atom is -0.465 e. The van der Waals surface area contributed by atoms with Gasteiger partial charge in [0, 0.05) is 12.0 Å². The first-order valence-electron chi connectivity index (χ1n) is 9.70. The van der Waals surface area contributed by atoms with Gasteiger partial charge in [-0.25, -0.2) is 9.59 Å². The predicted octanol–water partition coefficient (Wildman–Crippen LogP) is 3.65. The van der Waals surface area contributed by atoms with Crippen LogP contribution in [0.5, 0.6) is 0 Å². The quantitative estimate of drug-likeness (QED) is 0.663. The lowest BCUT2D eigenvalue weighted by atomic mass is 9.96. The summed E-state index contributed by atoms with van der Waals surface area (Å²) >= 11 is 0. The summed E-state index contributed by atoms with van der Waals surface area (Å²) < 4.78 is 21.3. The highest BCUT2D eigenvalue weighted by Gasteiger charge is 2.36. The number of esters is 2. The molecule has 0 N–H and O–H groups in total. The Labute approximate surface area is 170 Å². The number of carbonyl (C=O) groups is 2. The van der Waals surface area contributed by atoms with E-state index in [-0.39, 0.29) is 11.1 Å². The largest absolute Gasteiger partial charge is 0.465 e. The second-order valence-corrected chi connectivity index (χ2v) is 6.87. The Balaban J connectivity index is 1.79. The third-order valence-corrected chi connectivity index (χ3v) is 5.18. The summed E-state index contributed by atoms with van der Waals surface area (Å²) in [5.74, 6) is -1.78. The van der Waals surface area contributed by atoms with Crippen LogP contribution in [0.3, 0.4) is 0 Å². The fourth-order valence-corrected chi connectivity index (χ4v) is 3.60. The predicted molar refractivity (Wildman–Crippen MR) is 107 cm³/mol. The van der Waals surface area contributed by atoms with Gasteiger partial charge >= 0.3 is 11.9 Å². The molecule has 6 nitrogen and oxygen atoms in total. The molecule has 0 amide bonds. The van der Waals surface area contributed by atoms with Gasteiger partial charge in [0.25, 0.3) is 0 Å². The molecule has 1 saturated heterocycles. The number of hydrogen-bond donors (Lipinski definition) is 0. The molecule has 0 radical (unpaired) electrons. The molecule has 0 aromatic heterocycles. The van der Waals surface area contributed by atoms with E-state index in [1.165, 1.54) is 14.2 Å². The van der Waals surface area contributed by atoms with Crippen LogP contribution in [-0.4, -0.2) is 39.4 Å². The van der Waals surface area contributed by atoms with Gasteiger partial charge in [-0.05, 0) is 36.1 Å². The first-order valence-corrected chi connectivity index (χ1v) is 9.70. The Bertz CT molecular complexity index is 883. The Morgan fingerprint density at radius 1 is 0.897 bits per heavy atom. The van der Waals surface area contributed by atoms with E-state index in [9.17, 15) is 9.59 Å². The van der Waals surface area contributed by atoms with Crippen molar-refractivity contribution in [2.24, 2.45) is 0 Å². The van der Waals surface area contributed by atoms with Crippen LogP contribution in [0.25, 0.3) is 0 Å². The Morgan fingerprint density at radius 2 is 1.52 bits per heavy atom. The zero-order valence-electron chi connectivity index (χ0n) is 17.0. The van der Waals surface area contributed by atoms with Crippen molar-refractivity contribution in [1.82, 2.24) is 0 Å². The van der Waals surface area contributed by atoms with Crippen LogP contribution in [0.4, 0.5) is 0 Å². The van der Waals surface area contributed by atoms with Crippen LogP contribution < -0.4 is 0 Å². The molecular formula is C23H26O6. The number of rotatable bonds is 7. The summed E-state index contributed by atoms with van der Waals surface area (Å²) in [7, 11) is 2.57. The highest BCUT2D eigenvalue weighted by atomic mass is 16.7. The number of ether oxygens (including phenoxy) is 4. The van der Waals surface area contributed by atoms with E-state index in [1.807, 2.05) is 18.2 Å². The van der Waals surface area contributed by atoms with Crippen LogP contribution in [0, 0.1) is 0 Å². The highest BCUT2D eigenvalue weighted by Crippen LogP contribution is 2.35. The number of aryl methyl sites for hydroxylation is 2. The first kappa shape index (κ1) is 21.0. The second-order valence-electron chi connectivity index (χ2n) is 6.87. The van der Waals surface area contributed by atoms with Crippen LogP contribution in [-0.2, 0) is 37.6 Å². The van der Waals surface area contributed by atoms with Crippen LogP contribution in [0.2, 0.25) is 0 Å². The molecule has 0 unspecified atom stereocenters. The topological polar surface area (TPSA) is 71.1 Å². The Morgan fingerprint density at radius 3 is 2.14 bits per heavy atom. The molecule has 1 heterocycles. The summed E-state index contributed by atoms with van der Waals surface area (Å²) in [6, 6.07) is 13.3. The molecule has 0 aliphatic carbocycles. The van der Waals surface area contributed by atoms with Crippen LogP contribution >= 0.6 is 0 Å². The van der Waals surface area contributed by atoms with E-state index in [4.69, 9.17) is 18.9 Å². The zero-order chi connectivity index (χ0) is 20.9. The highest BCUT2D eigenvalue weighted by molar-refractivity contribution is 6.03. The van der Waals surface area contributed by atoms with Gasteiger partial charge in [-0.3, -0.25) is 0 Å². The van der Waals surface area contributed by atoms with Gasteiger partial charge < -0.3 is 18.9 Å². The monoisotopic (exact) mass is 398 g/mol. The van der Waals surface area contributed by atoms with E-state index < -0.39 is 17.7 Å².